The second kappa shape index (κ2) is 5.59. The lowest BCUT2D eigenvalue weighted by Gasteiger charge is -2.23. The van der Waals surface area contributed by atoms with Crippen LogP contribution in [0.2, 0.25) is 0 Å². The highest BCUT2D eigenvalue weighted by Gasteiger charge is 2.20. The Morgan fingerprint density at radius 2 is 2.15 bits per heavy atom. The summed E-state index contributed by atoms with van der Waals surface area (Å²) in [7, 11) is 0. The fraction of sp³-hybridized carbons (Fsp3) is 0.667. The Balaban J connectivity index is 3.99. The van der Waals surface area contributed by atoms with Crippen LogP contribution in [0.25, 0.3) is 0 Å². The minimum Gasteiger partial charge on any atom is -0.465 e. The fourth-order valence-corrected chi connectivity index (χ4v) is 1.04. The third-order valence-electron chi connectivity index (χ3n) is 2.15. The molecule has 0 fully saturated rings. The molecule has 3 atom stereocenters. The molecule has 0 radical (unpaired) electrons. The molecule has 3 N–H and O–H groups in total. The summed E-state index contributed by atoms with van der Waals surface area (Å²) in [6.07, 6.45) is 0.492. The minimum absolute atomic E-state index is 0.117. The van der Waals surface area contributed by atoms with Crippen molar-refractivity contribution >= 4 is 6.09 Å². The number of hydrogen-bond donors (Lipinski definition) is 3. The molecule has 0 aromatic rings. The van der Waals surface area contributed by atoms with Crippen LogP contribution in [-0.4, -0.2) is 28.5 Å². The smallest absolute Gasteiger partial charge is 0.404 e. The maximum atomic E-state index is 10.3. The Kier molecular flexibility index (Phi) is 5.14. The minimum atomic E-state index is -1.06. The number of aliphatic hydroxyl groups excluding tert-OH is 1. The molecule has 1 unspecified atom stereocenters. The van der Waals surface area contributed by atoms with Gasteiger partial charge < -0.3 is 15.5 Å². The third-order valence-corrected chi connectivity index (χ3v) is 2.15. The van der Waals surface area contributed by atoms with Crippen molar-refractivity contribution in [3.05, 3.63) is 12.7 Å². The van der Waals surface area contributed by atoms with E-state index in [1.54, 1.807) is 19.9 Å². The van der Waals surface area contributed by atoms with Gasteiger partial charge in [0.2, 0.25) is 0 Å². The zero-order chi connectivity index (χ0) is 10.4. The van der Waals surface area contributed by atoms with Gasteiger partial charge in [0.25, 0.3) is 0 Å². The van der Waals surface area contributed by atoms with E-state index >= 15 is 0 Å². The van der Waals surface area contributed by atoms with Gasteiger partial charge in [-0.2, -0.15) is 0 Å². The number of nitrogens with one attached hydrogen (secondary N) is 1. The number of carbonyl (C=O) groups is 1. The van der Waals surface area contributed by atoms with Crippen LogP contribution in [0.5, 0.6) is 0 Å². The lowest BCUT2D eigenvalue weighted by molar-refractivity contribution is 0.0986. The molecule has 0 aliphatic heterocycles. The topological polar surface area (TPSA) is 69.6 Å². The summed E-state index contributed by atoms with van der Waals surface area (Å²) in [5, 5.41) is 20.2. The maximum absolute atomic E-state index is 10.3. The SMILES string of the molecule is C=CCC(O)[C@H](C)[C@H](C)NC(=O)O. The van der Waals surface area contributed by atoms with Crippen molar-refractivity contribution in [3.63, 3.8) is 0 Å². The highest BCUT2D eigenvalue weighted by atomic mass is 16.4. The van der Waals surface area contributed by atoms with E-state index in [4.69, 9.17) is 5.11 Å². The average Bonchev–Trinajstić information content (AvgIpc) is 2.02. The van der Waals surface area contributed by atoms with Crippen LogP contribution in [0.3, 0.4) is 0 Å². The number of aliphatic hydroxyl groups is 1. The summed E-state index contributed by atoms with van der Waals surface area (Å²) in [5.41, 5.74) is 0. The summed E-state index contributed by atoms with van der Waals surface area (Å²) in [6, 6.07) is -0.257. The number of carboxylic acid groups (broad SMARTS) is 1. The molecule has 1 amide bonds. The third kappa shape index (κ3) is 4.52. The Labute approximate surface area is 78.3 Å². The molecule has 0 bridgehead atoms. The largest absolute Gasteiger partial charge is 0.465 e. The van der Waals surface area contributed by atoms with E-state index in [1.165, 1.54) is 0 Å². The van der Waals surface area contributed by atoms with Gasteiger partial charge in [0.05, 0.1) is 6.10 Å². The molecule has 0 rings (SSSR count). The van der Waals surface area contributed by atoms with Crippen LogP contribution >= 0.6 is 0 Å². The van der Waals surface area contributed by atoms with Gasteiger partial charge in [-0.05, 0) is 13.3 Å². The summed E-state index contributed by atoms with van der Waals surface area (Å²) in [6.45, 7) is 7.03. The maximum Gasteiger partial charge on any atom is 0.404 e. The highest BCUT2D eigenvalue weighted by Crippen LogP contribution is 2.11. The van der Waals surface area contributed by atoms with Crippen molar-refractivity contribution in [2.45, 2.75) is 32.4 Å². The first-order valence-electron chi connectivity index (χ1n) is 4.27. The molecule has 0 heterocycles. The van der Waals surface area contributed by atoms with Crippen molar-refractivity contribution in [2.75, 3.05) is 0 Å². The summed E-state index contributed by atoms with van der Waals surface area (Å²) in [5.74, 6) is -0.117. The molecule has 13 heavy (non-hydrogen) atoms. The average molecular weight is 187 g/mol. The second-order valence-electron chi connectivity index (χ2n) is 3.19. The van der Waals surface area contributed by atoms with Crippen LogP contribution in [-0.2, 0) is 0 Å². The first kappa shape index (κ1) is 12.0. The van der Waals surface area contributed by atoms with Crippen LogP contribution in [0.1, 0.15) is 20.3 Å². The van der Waals surface area contributed by atoms with Crippen molar-refractivity contribution in [1.82, 2.24) is 5.32 Å². The molecule has 4 heteroatoms. The van der Waals surface area contributed by atoms with E-state index in [2.05, 4.69) is 11.9 Å². The highest BCUT2D eigenvalue weighted by molar-refractivity contribution is 5.64. The summed E-state index contributed by atoms with van der Waals surface area (Å²) in [4.78, 5) is 10.3. The Bertz CT molecular complexity index is 182. The molecule has 0 spiro atoms. The van der Waals surface area contributed by atoms with Gasteiger partial charge in [-0.3, -0.25) is 0 Å². The number of amides is 1. The predicted octanol–water partition coefficient (Wildman–Crippen LogP) is 1.22. The normalized spacial score (nSPS) is 17.2. The van der Waals surface area contributed by atoms with E-state index in [9.17, 15) is 9.90 Å². The van der Waals surface area contributed by atoms with Crippen LogP contribution in [0, 0.1) is 5.92 Å². The Morgan fingerprint density at radius 3 is 2.54 bits per heavy atom. The van der Waals surface area contributed by atoms with Gasteiger partial charge >= 0.3 is 6.09 Å². The first-order valence-corrected chi connectivity index (χ1v) is 4.27. The second-order valence-corrected chi connectivity index (χ2v) is 3.19. The van der Waals surface area contributed by atoms with Crippen LogP contribution < -0.4 is 5.32 Å². The van der Waals surface area contributed by atoms with Gasteiger partial charge in [0.15, 0.2) is 0 Å². The van der Waals surface area contributed by atoms with Gasteiger partial charge in [0.1, 0.15) is 0 Å². The molecule has 4 nitrogen and oxygen atoms in total. The lowest BCUT2D eigenvalue weighted by atomic mass is 9.95. The standard InChI is InChI=1S/C9H17NO3/c1-4-5-8(11)6(2)7(3)10-9(12)13/h4,6-8,10-11H,1,5H2,2-3H3,(H,12,13)/t6-,7+,8?/m1/s1. The molecule has 0 aromatic carbocycles. The van der Waals surface area contributed by atoms with Crippen molar-refractivity contribution < 1.29 is 15.0 Å². The lowest BCUT2D eigenvalue weighted by Crippen LogP contribution is -2.40. The molecule has 0 saturated carbocycles. The van der Waals surface area contributed by atoms with E-state index in [0.717, 1.165) is 0 Å². The predicted molar refractivity (Wildman–Crippen MR) is 50.6 cm³/mol. The van der Waals surface area contributed by atoms with E-state index in [0.29, 0.717) is 6.42 Å². The van der Waals surface area contributed by atoms with Crippen molar-refractivity contribution in [3.8, 4) is 0 Å². The molecule has 0 aliphatic rings. The molecule has 76 valence electrons. The van der Waals surface area contributed by atoms with Crippen LogP contribution in [0.4, 0.5) is 4.79 Å². The zero-order valence-corrected chi connectivity index (χ0v) is 8.03. The van der Waals surface area contributed by atoms with E-state index in [1.807, 2.05) is 0 Å². The Hall–Kier alpha value is -1.03. The quantitative estimate of drug-likeness (QED) is 0.567. The van der Waals surface area contributed by atoms with E-state index in [-0.39, 0.29) is 12.0 Å². The molecule has 0 saturated heterocycles. The zero-order valence-electron chi connectivity index (χ0n) is 8.03. The summed E-state index contributed by atoms with van der Waals surface area (Å²) < 4.78 is 0. The number of hydrogen-bond acceptors (Lipinski definition) is 2. The van der Waals surface area contributed by atoms with Crippen molar-refractivity contribution in [2.24, 2.45) is 5.92 Å². The van der Waals surface area contributed by atoms with Crippen LogP contribution in [0.15, 0.2) is 12.7 Å². The van der Waals surface area contributed by atoms with Gasteiger partial charge in [-0.25, -0.2) is 4.79 Å². The molecular weight excluding hydrogens is 170 g/mol. The molecular formula is C9H17NO3. The fourth-order valence-electron chi connectivity index (χ4n) is 1.04. The molecule has 0 aromatic heterocycles. The van der Waals surface area contributed by atoms with Gasteiger partial charge in [-0.1, -0.05) is 13.0 Å². The Morgan fingerprint density at radius 1 is 1.62 bits per heavy atom. The van der Waals surface area contributed by atoms with Crippen molar-refractivity contribution in [1.29, 1.82) is 0 Å². The summed E-state index contributed by atoms with van der Waals surface area (Å²) >= 11 is 0. The van der Waals surface area contributed by atoms with E-state index < -0.39 is 12.2 Å². The number of rotatable bonds is 5. The first-order chi connectivity index (χ1) is 5.99. The van der Waals surface area contributed by atoms with Gasteiger partial charge in [0, 0.05) is 12.0 Å². The molecule has 0 aliphatic carbocycles. The monoisotopic (exact) mass is 187 g/mol. The van der Waals surface area contributed by atoms with Gasteiger partial charge in [-0.15, -0.1) is 6.58 Å².